The van der Waals surface area contributed by atoms with Crippen LogP contribution >= 0.6 is 24.0 Å². The summed E-state index contributed by atoms with van der Waals surface area (Å²) >= 11 is 0. The van der Waals surface area contributed by atoms with Crippen LogP contribution in [-0.2, 0) is 19.6 Å². The minimum absolute atomic E-state index is 0. The van der Waals surface area contributed by atoms with E-state index in [9.17, 15) is 0 Å². The van der Waals surface area contributed by atoms with Gasteiger partial charge in [0.2, 0.25) is 0 Å². The first-order valence-electron chi connectivity index (χ1n) is 8.37. The van der Waals surface area contributed by atoms with Crippen molar-refractivity contribution in [2.45, 2.75) is 19.6 Å². The largest absolute Gasteiger partial charge is 0.352 e. The molecule has 3 rings (SSSR count). The molecular weight excluding hydrogens is 437 g/mol. The predicted molar refractivity (Wildman–Crippen MR) is 117 cm³/mol. The number of aliphatic imine (C=N–C) groups is 1. The lowest BCUT2D eigenvalue weighted by Crippen LogP contribution is -2.37. The second-order valence-electron chi connectivity index (χ2n) is 5.72. The minimum Gasteiger partial charge on any atom is -0.352 e. The van der Waals surface area contributed by atoms with Crippen LogP contribution < -0.4 is 10.6 Å². The fourth-order valence-corrected chi connectivity index (χ4v) is 2.60. The fraction of sp³-hybridized carbons (Fsp3) is 0.200. The highest BCUT2D eigenvalue weighted by Gasteiger charge is 2.05. The number of guanidine groups is 1. The number of rotatable bonds is 6. The second-order valence-corrected chi connectivity index (χ2v) is 5.72. The van der Waals surface area contributed by atoms with E-state index in [4.69, 9.17) is 0 Å². The average molecular weight is 461 g/mol. The number of benzene rings is 2. The van der Waals surface area contributed by atoms with Gasteiger partial charge < -0.3 is 15.2 Å². The van der Waals surface area contributed by atoms with E-state index in [2.05, 4.69) is 61.6 Å². The number of nitrogens with one attached hydrogen (secondary N) is 2. The molecular formula is C20H24IN5. The molecule has 2 aromatic carbocycles. The molecule has 0 bridgehead atoms. The van der Waals surface area contributed by atoms with E-state index in [1.54, 1.807) is 7.05 Å². The first-order chi connectivity index (χ1) is 12.3. The van der Waals surface area contributed by atoms with Gasteiger partial charge >= 0.3 is 0 Å². The smallest absolute Gasteiger partial charge is 0.191 e. The Morgan fingerprint density at radius 3 is 2.19 bits per heavy atom. The summed E-state index contributed by atoms with van der Waals surface area (Å²) in [6.07, 6.45) is 3.84. The molecule has 136 valence electrons. The van der Waals surface area contributed by atoms with Crippen molar-refractivity contribution in [1.82, 2.24) is 20.2 Å². The highest BCUT2D eigenvalue weighted by molar-refractivity contribution is 14.0. The lowest BCUT2D eigenvalue weighted by atomic mass is 10.2. The van der Waals surface area contributed by atoms with Crippen molar-refractivity contribution in [3.05, 3.63) is 90.0 Å². The second kappa shape index (κ2) is 10.6. The monoisotopic (exact) mass is 461 g/mol. The Hall–Kier alpha value is -2.35. The van der Waals surface area contributed by atoms with Crippen LogP contribution in [0, 0.1) is 0 Å². The van der Waals surface area contributed by atoms with E-state index in [0.29, 0.717) is 6.54 Å². The summed E-state index contributed by atoms with van der Waals surface area (Å²) in [6, 6.07) is 20.7. The first-order valence-corrected chi connectivity index (χ1v) is 8.37. The maximum Gasteiger partial charge on any atom is 0.191 e. The van der Waals surface area contributed by atoms with E-state index in [1.807, 2.05) is 36.7 Å². The maximum absolute atomic E-state index is 4.45. The van der Waals surface area contributed by atoms with Crippen LogP contribution in [0.1, 0.15) is 17.0 Å². The standard InChI is InChI=1S/C20H23N5.HI/c1-21-20(23-14-17-8-4-2-5-9-17)24-15-19-22-12-13-25(19)16-18-10-6-3-7-11-18;/h2-13H,14-16H2,1H3,(H2,21,23,24);1H. The quantitative estimate of drug-likeness (QED) is 0.336. The van der Waals surface area contributed by atoms with Crippen LogP contribution in [0.15, 0.2) is 78.0 Å². The first kappa shape index (κ1) is 20.0. The number of hydrogen-bond donors (Lipinski definition) is 2. The molecule has 2 N–H and O–H groups in total. The summed E-state index contributed by atoms with van der Waals surface area (Å²) in [5.41, 5.74) is 2.48. The third-order valence-electron chi connectivity index (χ3n) is 3.94. The zero-order valence-electron chi connectivity index (χ0n) is 14.8. The van der Waals surface area contributed by atoms with E-state index < -0.39 is 0 Å². The van der Waals surface area contributed by atoms with Gasteiger partial charge in [-0.2, -0.15) is 0 Å². The zero-order chi connectivity index (χ0) is 17.3. The van der Waals surface area contributed by atoms with Crippen LogP contribution in [0.25, 0.3) is 0 Å². The van der Waals surface area contributed by atoms with E-state index >= 15 is 0 Å². The molecule has 1 aromatic heterocycles. The molecule has 0 aliphatic carbocycles. The van der Waals surface area contributed by atoms with E-state index in [1.165, 1.54) is 11.1 Å². The van der Waals surface area contributed by atoms with Gasteiger partial charge in [0.15, 0.2) is 5.96 Å². The molecule has 0 atom stereocenters. The number of hydrogen-bond acceptors (Lipinski definition) is 2. The molecule has 0 amide bonds. The topological polar surface area (TPSA) is 54.2 Å². The van der Waals surface area contributed by atoms with Gasteiger partial charge in [0.05, 0.1) is 6.54 Å². The number of aromatic nitrogens is 2. The third-order valence-corrected chi connectivity index (χ3v) is 3.94. The summed E-state index contributed by atoms with van der Waals surface area (Å²) in [5.74, 6) is 1.74. The van der Waals surface area contributed by atoms with Crippen molar-refractivity contribution in [1.29, 1.82) is 0 Å². The summed E-state index contributed by atoms with van der Waals surface area (Å²) in [7, 11) is 1.77. The summed E-state index contributed by atoms with van der Waals surface area (Å²) in [6.45, 7) is 2.17. The normalized spacial score (nSPS) is 10.9. The third kappa shape index (κ3) is 5.87. The molecule has 6 heteroatoms. The van der Waals surface area contributed by atoms with Gasteiger partial charge in [-0.05, 0) is 11.1 Å². The minimum atomic E-state index is 0. The van der Waals surface area contributed by atoms with Crippen molar-refractivity contribution >= 4 is 29.9 Å². The van der Waals surface area contributed by atoms with E-state index in [-0.39, 0.29) is 24.0 Å². The molecule has 0 radical (unpaired) electrons. The molecule has 0 spiro atoms. The molecule has 1 heterocycles. The predicted octanol–water partition coefficient (Wildman–Crippen LogP) is 3.41. The summed E-state index contributed by atoms with van der Waals surface area (Å²) < 4.78 is 2.15. The molecule has 3 aromatic rings. The van der Waals surface area contributed by atoms with Crippen LogP contribution in [0.2, 0.25) is 0 Å². The van der Waals surface area contributed by atoms with Gasteiger partial charge in [0, 0.05) is 32.5 Å². The fourth-order valence-electron chi connectivity index (χ4n) is 2.60. The molecule has 0 unspecified atom stereocenters. The Labute approximate surface area is 171 Å². The molecule has 0 aliphatic heterocycles. The Morgan fingerprint density at radius 1 is 0.923 bits per heavy atom. The van der Waals surface area contributed by atoms with Crippen LogP contribution in [0.5, 0.6) is 0 Å². The number of nitrogens with zero attached hydrogens (tertiary/aromatic N) is 3. The lowest BCUT2D eigenvalue weighted by Gasteiger charge is -2.13. The number of halogens is 1. The van der Waals surface area contributed by atoms with Crippen molar-refractivity contribution in [2.75, 3.05) is 7.05 Å². The molecule has 26 heavy (non-hydrogen) atoms. The Balaban J connectivity index is 0.00000243. The lowest BCUT2D eigenvalue weighted by molar-refractivity contribution is 0.688. The SMILES string of the molecule is CN=C(NCc1ccccc1)NCc1nccn1Cc1ccccc1.I. The van der Waals surface area contributed by atoms with Gasteiger partial charge in [-0.25, -0.2) is 4.98 Å². The van der Waals surface area contributed by atoms with Crippen LogP contribution in [-0.4, -0.2) is 22.6 Å². The van der Waals surface area contributed by atoms with Gasteiger partial charge in [0.1, 0.15) is 5.82 Å². The Kier molecular flexibility index (Phi) is 8.14. The Morgan fingerprint density at radius 2 is 1.54 bits per heavy atom. The van der Waals surface area contributed by atoms with Gasteiger partial charge in [0.25, 0.3) is 0 Å². The van der Waals surface area contributed by atoms with Gasteiger partial charge in [-0.15, -0.1) is 24.0 Å². The van der Waals surface area contributed by atoms with Crippen molar-refractivity contribution < 1.29 is 0 Å². The molecule has 5 nitrogen and oxygen atoms in total. The summed E-state index contributed by atoms with van der Waals surface area (Å²) in [5, 5.41) is 6.64. The van der Waals surface area contributed by atoms with Crippen LogP contribution in [0.4, 0.5) is 0 Å². The van der Waals surface area contributed by atoms with E-state index in [0.717, 1.165) is 24.9 Å². The maximum atomic E-state index is 4.45. The molecule has 0 saturated carbocycles. The molecule has 0 saturated heterocycles. The van der Waals surface area contributed by atoms with Gasteiger partial charge in [-0.3, -0.25) is 4.99 Å². The zero-order valence-corrected chi connectivity index (χ0v) is 17.1. The summed E-state index contributed by atoms with van der Waals surface area (Å²) in [4.78, 5) is 8.73. The molecule has 0 aliphatic rings. The van der Waals surface area contributed by atoms with Crippen molar-refractivity contribution in [3.8, 4) is 0 Å². The highest BCUT2D eigenvalue weighted by Crippen LogP contribution is 2.05. The Bertz CT molecular complexity index is 799. The molecule has 0 fully saturated rings. The van der Waals surface area contributed by atoms with Gasteiger partial charge in [-0.1, -0.05) is 60.7 Å². The van der Waals surface area contributed by atoms with Crippen LogP contribution in [0.3, 0.4) is 0 Å². The average Bonchev–Trinajstić information content (AvgIpc) is 3.10. The van der Waals surface area contributed by atoms with Crippen molar-refractivity contribution in [2.24, 2.45) is 4.99 Å². The highest BCUT2D eigenvalue weighted by atomic mass is 127. The number of imidazole rings is 1. The van der Waals surface area contributed by atoms with Crippen molar-refractivity contribution in [3.63, 3.8) is 0 Å².